The summed E-state index contributed by atoms with van der Waals surface area (Å²) < 4.78 is 5.47. The van der Waals surface area contributed by atoms with Gasteiger partial charge in [-0.25, -0.2) is 9.59 Å². The van der Waals surface area contributed by atoms with Crippen LogP contribution in [0, 0.1) is 5.92 Å². The quantitative estimate of drug-likeness (QED) is 0.405. The van der Waals surface area contributed by atoms with Crippen LogP contribution in [0.3, 0.4) is 0 Å². The van der Waals surface area contributed by atoms with Gasteiger partial charge in [0.2, 0.25) is 0 Å². The van der Waals surface area contributed by atoms with E-state index in [9.17, 15) is 14.4 Å². The van der Waals surface area contributed by atoms with Crippen molar-refractivity contribution < 1.29 is 19.4 Å². The molecular formula is C19H25N3O5. The molecule has 2 aromatic rings. The zero-order valence-electron chi connectivity index (χ0n) is 15.2. The Morgan fingerprint density at radius 2 is 2.00 bits per heavy atom. The molecule has 3 rings (SSSR count). The monoisotopic (exact) mass is 375 g/mol. The molecular weight excluding hydrogens is 350 g/mol. The van der Waals surface area contributed by atoms with E-state index in [-0.39, 0.29) is 11.1 Å². The Balaban J connectivity index is 1.56. The van der Waals surface area contributed by atoms with Gasteiger partial charge in [-0.05, 0) is 24.5 Å². The van der Waals surface area contributed by atoms with E-state index < -0.39 is 17.7 Å². The third kappa shape index (κ3) is 4.69. The number of hydrogen-bond donors (Lipinski definition) is 3. The number of rotatable bonds is 6. The molecule has 0 bridgehead atoms. The summed E-state index contributed by atoms with van der Waals surface area (Å²) in [6.07, 6.45) is 8.25. The van der Waals surface area contributed by atoms with Gasteiger partial charge in [-0.3, -0.25) is 9.89 Å². The van der Waals surface area contributed by atoms with E-state index >= 15 is 0 Å². The molecule has 1 aliphatic carbocycles. The second kappa shape index (κ2) is 8.75. The Hall–Kier alpha value is -2.77. The zero-order valence-corrected chi connectivity index (χ0v) is 15.2. The summed E-state index contributed by atoms with van der Waals surface area (Å²) in [6.45, 7) is 0.492. The third-order valence-corrected chi connectivity index (χ3v) is 5.12. The van der Waals surface area contributed by atoms with Crippen molar-refractivity contribution in [3.63, 3.8) is 0 Å². The average Bonchev–Trinajstić information content (AvgIpc) is 2.99. The summed E-state index contributed by atoms with van der Waals surface area (Å²) in [4.78, 5) is 35.5. The smallest absolute Gasteiger partial charge is 0.449 e. The molecule has 27 heavy (non-hydrogen) atoms. The molecule has 0 unspecified atom stereocenters. The maximum Gasteiger partial charge on any atom is 0.511 e. The molecule has 146 valence electrons. The molecule has 1 saturated carbocycles. The minimum atomic E-state index is -1.52. The number of benzene rings is 1. The van der Waals surface area contributed by atoms with Crippen LogP contribution < -0.4 is 15.6 Å². The number of ether oxygens (including phenoxy) is 1. The molecule has 0 aliphatic heterocycles. The van der Waals surface area contributed by atoms with Crippen molar-refractivity contribution in [1.82, 2.24) is 15.1 Å². The summed E-state index contributed by atoms with van der Waals surface area (Å²) in [6, 6.07) is 3.94. The molecule has 0 spiro atoms. The van der Waals surface area contributed by atoms with Crippen molar-refractivity contribution in [2.45, 2.75) is 51.4 Å². The fraction of sp³-hybridized carbons (Fsp3) is 0.526. The molecule has 1 aliphatic rings. The van der Waals surface area contributed by atoms with Gasteiger partial charge in [0.25, 0.3) is 5.56 Å². The van der Waals surface area contributed by atoms with E-state index in [1.165, 1.54) is 44.6 Å². The van der Waals surface area contributed by atoms with Gasteiger partial charge in [0.15, 0.2) is 0 Å². The lowest BCUT2D eigenvalue weighted by Gasteiger charge is -2.21. The predicted molar refractivity (Wildman–Crippen MR) is 100 cm³/mol. The zero-order chi connectivity index (χ0) is 19.2. The van der Waals surface area contributed by atoms with Crippen LogP contribution in [0.25, 0.3) is 10.9 Å². The van der Waals surface area contributed by atoms with Gasteiger partial charge < -0.3 is 15.2 Å². The number of aromatic nitrogens is 2. The Morgan fingerprint density at radius 1 is 1.22 bits per heavy atom. The van der Waals surface area contributed by atoms with E-state index in [1.807, 2.05) is 0 Å². The van der Waals surface area contributed by atoms with Crippen LogP contribution in [-0.4, -0.2) is 33.6 Å². The highest BCUT2D eigenvalue weighted by Gasteiger charge is 2.18. The number of H-pyrrole nitrogens is 1. The van der Waals surface area contributed by atoms with E-state index in [2.05, 4.69) is 15.2 Å². The van der Waals surface area contributed by atoms with Crippen molar-refractivity contribution >= 4 is 23.1 Å². The topological polar surface area (TPSA) is 113 Å². The second-order valence-electron chi connectivity index (χ2n) is 7.03. The first kappa shape index (κ1) is 19.0. The van der Waals surface area contributed by atoms with Crippen molar-refractivity contribution in [3.8, 4) is 5.75 Å². The standard InChI is InChI=1S/C19H25N3O5/c23-17-16-14(10-6-11-15(16)27-19(25)26)21-22(17)18(24)20-12-5-4-9-13-7-2-1-3-8-13/h6,10-11,13,21H,1-5,7-9,12H2,(H,20,24)(H,25,26). The normalized spacial score (nSPS) is 15.0. The maximum absolute atomic E-state index is 12.5. The van der Waals surface area contributed by atoms with Crippen molar-refractivity contribution in [1.29, 1.82) is 0 Å². The maximum atomic E-state index is 12.5. The van der Waals surface area contributed by atoms with Crippen molar-refractivity contribution in [2.24, 2.45) is 5.92 Å². The minimum absolute atomic E-state index is 0.0346. The summed E-state index contributed by atoms with van der Waals surface area (Å²) in [5, 5.41) is 14.2. The largest absolute Gasteiger partial charge is 0.511 e. The number of aromatic amines is 1. The van der Waals surface area contributed by atoms with Gasteiger partial charge >= 0.3 is 12.2 Å². The molecule has 8 nitrogen and oxygen atoms in total. The molecule has 1 aromatic heterocycles. The molecule has 0 radical (unpaired) electrons. The number of fused-ring (bicyclic) bond motifs is 1. The summed E-state index contributed by atoms with van der Waals surface area (Å²) in [7, 11) is 0. The average molecular weight is 375 g/mol. The summed E-state index contributed by atoms with van der Waals surface area (Å²) >= 11 is 0. The highest BCUT2D eigenvalue weighted by molar-refractivity contribution is 5.89. The van der Waals surface area contributed by atoms with Crippen LogP contribution in [0.5, 0.6) is 5.75 Å². The summed E-state index contributed by atoms with van der Waals surface area (Å²) in [5.41, 5.74) is -0.298. The molecule has 3 N–H and O–H groups in total. The van der Waals surface area contributed by atoms with Gasteiger partial charge in [0, 0.05) is 6.54 Å². The van der Waals surface area contributed by atoms with Gasteiger partial charge in [-0.2, -0.15) is 4.68 Å². The first-order valence-corrected chi connectivity index (χ1v) is 9.49. The Labute approximate surface area is 156 Å². The number of nitrogens with one attached hydrogen (secondary N) is 2. The lowest BCUT2D eigenvalue weighted by molar-refractivity contribution is 0.145. The van der Waals surface area contributed by atoms with E-state index in [0.717, 1.165) is 23.4 Å². The van der Waals surface area contributed by atoms with E-state index in [1.54, 1.807) is 12.1 Å². The number of nitrogens with zero attached hydrogens (tertiary/aromatic N) is 1. The lowest BCUT2D eigenvalue weighted by Crippen LogP contribution is -2.36. The highest BCUT2D eigenvalue weighted by atomic mass is 16.7. The number of carbonyl (C=O) groups excluding carboxylic acids is 1. The molecule has 8 heteroatoms. The number of unbranched alkanes of at least 4 members (excludes halogenated alkanes) is 1. The summed E-state index contributed by atoms with van der Waals surface area (Å²) in [5.74, 6) is 0.721. The first-order chi connectivity index (χ1) is 13.1. The lowest BCUT2D eigenvalue weighted by atomic mass is 9.86. The van der Waals surface area contributed by atoms with Crippen molar-refractivity contribution in [2.75, 3.05) is 6.54 Å². The Bertz CT molecular complexity index is 864. The van der Waals surface area contributed by atoms with Gasteiger partial charge in [0.05, 0.1) is 5.52 Å². The van der Waals surface area contributed by atoms with Crippen LogP contribution in [0.4, 0.5) is 9.59 Å². The molecule has 1 amide bonds. The van der Waals surface area contributed by atoms with E-state index in [4.69, 9.17) is 5.11 Å². The number of hydrogen-bond acceptors (Lipinski definition) is 4. The Kier molecular flexibility index (Phi) is 6.16. The highest BCUT2D eigenvalue weighted by Crippen LogP contribution is 2.27. The fourth-order valence-electron chi connectivity index (χ4n) is 3.76. The molecule has 1 heterocycles. The molecule has 1 fully saturated rings. The predicted octanol–water partition coefficient (Wildman–Crippen LogP) is 3.69. The molecule has 1 aromatic carbocycles. The van der Waals surface area contributed by atoms with E-state index in [0.29, 0.717) is 12.1 Å². The van der Waals surface area contributed by atoms with Crippen LogP contribution >= 0.6 is 0 Å². The molecule has 0 saturated heterocycles. The number of amides is 1. The van der Waals surface area contributed by atoms with Crippen LogP contribution in [0.1, 0.15) is 51.4 Å². The van der Waals surface area contributed by atoms with Crippen LogP contribution in [0.15, 0.2) is 23.0 Å². The first-order valence-electron chi connectivity index (χ1n) is 9.49. The van der Waals surface area contributed by atoms with Gasteiger partial charge in [-0.1, -0.05) is 51.0 Å². The number of carboxylic acid groups (broad SMARTS) is 1. The Morgan fingerprint density at radius 3 is 2.74 bits per heavy atom. The van der Waals surface area contributed by atoms with Crippen LogP contribution in [0.2, 0.25) is 0 Å². The van der Waals surface area contributed by atoms with Gasteiger partial charge in [0.1, 0.15) is 11.1 Å². The SMILES string of the molecule is O=C(O)Oc1cccc2[nH]n(C(=O)NCCCCC3CCCCC3)c(=O)c12. The van der Waals surface area contributed by atoms with Crippen molar-refractivity contribution in [3.05, 3.63) is 28.6 Å². The molecule has 0 atom stereocenters. The minimum Gasteiger partial charge on any atom is -0.449 e. The fourth-order valence-corrected chi connectivity index (χ4v) is 3.76. The number of carbonyl (C=O) groups is 2. The second-order valence-corrected chi connectivity index (χ2v) is 7.03. The third-order valence-electron chi connectivity index (χ3n) is 5.12. The van der Waals surface area contributed by atoms with Gasteiger partial charge in [-0.15, -0.1) is 0 Å². The van der Waals surface area contributed by atoms with Crippen LogP contribution in [-0.2, 0) is 0 Å².